The summed E-state index contributed by atoms with van der Waals surface area (Å²) in [5.41, 5.74) is 10.6. The number of rotatable bonds is 4. The Hall–Kier alpha value is -6.45. The van der Waals surface area contributed by atoms with Crippen LogP contribution in [0.1, 0.15) is 5.56 Å². The molecule has 3 aromatic heterocycles. The van der Waals surface area contributed by atoms with Crippen LogP contribution in [-0.2, 0) is 0 Å². The molecule has 0 amide bonds. The zero-order valence-electron chi connectivity index (χ0n) is 23.8. The Balaban J connectivity index is 1.25. The van der Waals surface area contributed by atoms with Crippen molar-refractivity contribution < 1.29 is 8.83 Å². The maximum atomic E-state index is 9.64. The lowest BCUT2D eigenvalue weighted by atomic mass is 10.0. The Morgan fingerprint density at radius 1 is 0.533 bits per heavy atom. The van der Waals surface area contributed by atoms with Crippen LogP contribution in [-0.4, -0.2) is 14.5 Å². The molecule has 0 spiro atoms. The van der Waals surface area contributed by atoms with Crippen molar-refractivity contribution in [3.8, 4) is 45.8 Å². The Kier molecular flexibility index (Phi) is 5.46. The molecule has 210 valence electrons. The smallest absolute Gasteiger partial charge is 0.227 e. The predicted octanol–water partition coefficient (Wildman–Crippen LogP) is 9.94. The largest absolute Gasteiger partial charge is 0.436 e. The summed E-state index contributed by atoms with van der Waals surface area (Å²) in [6, 6.07) is 46.6. The van der Waals surface area contributed by atoms with Crippen LogP contribution in [0.5, 0.6) is 0 Å². The Labute approximate surface area is 257 Å². The molecule has 0 atom stereocenters. The van der Waals surface area contributed by atoms with Crippen molar-refractivity contribution in [1.29, 1.82) is 5.26 Å². The third-order valence-electron chi connectivity index (χ3n) is 8.33. The van der Waals surface area contributed by atoms with Crippen molar-refractivity contribution in [3.05, 3.63) is 139 Å². The van der Waals surface area contributed by atoms with Gasteiger partial charge in [-0.15, -0.1) is 0 Å². The summed E-state index contributed by atoms with van der Waals surface area (Å²) in [5, 5.41) is 11.8. The van der Waals surface area contributed by atoms with Crippen molar-refractivity contribution in [2.75, 3.05) is 0 Å². The zero-order chi connectivity index (χ0) is 29.9. The van der Waals surface area contributed by atoms with E-state index in [9.17, 15) is 5.26 Å². The highest BCUT2D eigenvalue weighted by Gasteiger charge is 2.18. The minimum Gasteiger partial charge on any atom is -0.436 e. The van der Waals surface area contributed by atoms with Gasteiger partial charge in [-0.3, -0.25) is 0 Å². The van der Waals surface area contributed by atoms with E-state index >= 15 is 0 Å². The van der Waals surface area contributed by atoms with Crippen LogP contribution >= 0.6 is 0 Å². The molecule has 0 aliphatic rings. The highest BCUT2D eigenvalue weighted by molar-refractivity contribution is 6.11. The van der Waals surface area contributed by atoms with E-state index in [0.29, 0.717) is 17.3 Å². The van der Waals surface area contributed by atoms with Gasteiger partial charge in [0.1, 0.15) is 11.0 Å². The van der Waals surface area contributed by atoms with Gasteiger partial charge in [-0.25, -0.2) is 9.97 Å². The summed E-state index contributed by atoms with van der Waals surface area (Å²) in [5.74, 6) is 1.16. The standard InChI is InChI=1S/C39H22N4O2/c40-23-27-7-1-2-8-29(27)24-13-17-28(18-14-24)43-34-19-15-25(38-41-32-9-3-5-11-36(32)44-38)21-30(34)31-22-26(16-20-35(31)43)39-42-33-10-4-6-12-37(33)45-39/h1-22H. The molecule has 0 fully saturated rings. The average molecular weight is 579 g/mol. The van der Waals surface area contributed by atoms with Crippen LogP contribution in [0.4, 0.5) is 0 Å². The number of hydrogen-bond acceptors (Lipinski definition) is 5. The first-order valence-corrected chi connectivity index (χ1v) is 14.6. The third-order valence-corrected chi connectivity index (χ3v) is 8.33. The molecule has 0 saturated heterocycles. The van der Waals surface area contributed by atoms with Gasteiger partial charge in [0.25, 0.3) is 0 Å². The van der Waals surface area contributed by atoms with Crippen LogP contribution in [0, 0.1) is 11.3 Å². The van der Waals surface area contributed by atoms with E-state index < -0.39 is 0 Å². The first kappa shape index (κ1) is 25.1. The number of oxazole rings is 2. The summed E-state index contributed by atoms with van der Waals surface area (Å²) in [7, 11) is 0. The maximum Gasteiger partial charge on any atom is 0.227 e. The fraction of sp³-hybridized carbons (Fsp3) is 0. The first-order valence-electron chi connectivity index (χ1n) is 14.6. The SMILES string of the molecule is N#Cc1ccccc1-c1ccc(-n2c3ccc(-c4nc5ccccc5o4)cc3c3cc(-c4nc5ccccc5o4)ccc32)cc1. The third kappa shape index (κ3) is 4.03. The summed E-state index contributed by atoms with van der Waals surface area (Å²) in [6.07, 6.45) is 0. The number of benzene rings is 6. The quantitative estimate of drug-likeness (QED) is 0.208. The van der Waals surface area contributed by atoms with Crippen molar-refractivity contribution in [1.82, 2.24) is 14.5 Å². The van der Waals surface area contributed by atoms with E-state index in [1.807, 2.05) is 72.8 Å². The van der Waals surface area contributed by atoms with Crippen molar-refractivity contribution in [2.45, 2.75) is 0 Å². The van der Waals surface area contributed by atoms with Gasteiger partial charge in [0.15, 0.2) is 11.2 Å². The molecule has 9 rings (SSSR count). The number of para-hydroxylation sites is 4. The van der Waals surface area contributed by atoms with Gasteiger partial charge in [0.2, 0.25) is 11.8 Å². The van der Waals surface area contributed by atoms with Crippen LogP contribution in [0.2, 0.25) is 0 Å². The van der Waals surface area contributed by atoms with Crippen LogP contribution in [0.15, 0.2) is 142 Å². The molecule has 0 bridgehead atoms. The monoisotopic (exact) mass is 578 g/mol. The number of fused-ring (bicyclic) bond motifs is 5. The molecule has 0 N–H and O–H groups in total. The molecule has 3 heterocycles. The van der Waals surface area contributed by atoms with Gasteiger partial charge in [0.05, 0.1) is 22.7 Å². The van der Waals surface area contributed by atoms with Crippen LogP contribution in [0.25, 0.3) is 83.7 Å². The second-order valence-electron chi connectivity index (χ2n) is 11.0. The van der Waals surface area contributed by atoms with E-state index in [0.717, 1.165) is 71.9 Å². The van der Waals surface area contributed by atoms with E-state index in [4.69, 9.17) is 18.8 Å². The van der Waals surface area contributed by atoms with Gasteiger partial charge in [-0.05, 0) is 90.0 Å². The van der Waals surface area contributed by atoms with E-state index in [1.165, 1.54) is 0 Å². The number of nitriles is 1. The average Bonchev–Trinajstić information content (AvgIpc) is 3.82. The molecule has 6 nitrogen and oxygen atoms in total. The summed E-state index contributed by atoms with van der Waals surface area (Å²) in [4.78, 5) is 9.51. The lowest BCUT2D eigenvalue weighted by Gasteiger charge is -2.10. The number of hydrogen-bond donors (Lipinski definition) is 0. The normalized spacial score (nSPS) is 11.5. The molecular formula is C39H22N4O2. The van der Waals surface area contributed by atoms with Gasteiger partial charge in [-0.2, -0.15) is 5.26 Å². The highest BCUT2D eigenvalue weighted by atomic mass is 16.4. The van der Waals surface area contributed by atoms with Crippen LogP contribution in [0.3, 0.4) is 0 Å². The number of aromatic nitrogens is 3. The lowest BCUT2D eigenvalue weighted by Crippen LogP contribution is -1.94. The molecular weight excluding hydrogens is 556 g/mol. The topological polar surface area (TPSA) is 80.8 Å². The van der Waals surface area contributed by atoms with Gasteiger partial charge in [0, 0.05) is 27.6 Å². The molecule has 6 aromatic carbocycles. The highest BCUT2D eigenvalue weighted by Crippen LogP contribution is 2.38. The van der Waals surface area contributed by atoms with Gasteiger partial charge >= 0.3 is 0 Å². The van der Waals surface area contributed by atoms with Crippen molar-refractivity contribution in [3.63, 3.8) is 0 Å². The summed E-state index contributed by atoms with van der Waals surface area (Å²) < 4.78 is 14.5. The lowest BCUT2D eigenvalue weighted by molar-refractivity contribution is 0.619. The molecule has 0 aliphatic carbocycles. The minimum atomic E-state index is 0.578. The van der Waals surface area contributed by atoms with Gasteiger partial charge in [-0.1, -0.05) is 54.6 Å². The summed E-state index contributed by atoms with van der Waals surface area (Å²) >= 11 is 0. The second-order valence-corrected chi connectivity index (χ2v) is 11.0. The maximum absolute atomic E-state index is 9.64. The Morgan fingerprint density at radius 2 is 1.04 bits per heavy atom. The second kappa shape index (κ2) is 9.80. The fourth-order valence-electron chi connectivity index (χ4n) is 6.18. The van der Waals surface area contributed by atoms with E-state index in [-0.39, 0.29) is 0 Å². The fourth-order valence-corrected chi connectivity index (χ4v) is 6.18. The zero-order valence-corrected chi connectivity index (χ0v) is 23.8. The van der Waals surface area contributed by atoms with E-state index in [1.54, 1.807) is 0 Å². The minimum absolute atomic E-state index is 0.578. The predicted molar refractivity (Wildman–Crippen MR) is 177 cm³/mol. The molecule has 9 aromatic rings. The molecule has 0 aliphatic heterocycles. The molecule has 6 heteroatoms. The van der Waals surface area contributed by atoms with Crippen molar-refractivity contribution in [2.24, 2.45) is 0 Å². The first-order chi connectivity index (χ1) is 22.2. The summed E-state index contributed by atoms with van der Waals surface area (Å²) in [6.45, 7) is 0. The molecule has 0 radical (unpaired) electrons. The molecule has 45 heavy (non-hydrogen) atoms. The van der Waals surface area contributed by atoms with Crippen LogP contribution < -0.4 is 0 Å². The van der Waals surface area contributed by atoms with Crippen molar-refractivity contribution >= 4 is 44.0 Å². The number of nitrogens with zero attached hydrogens (tertiary/aromatic N) is 4. The molecule has 0 unspecified atom stereocenters. The Bertz CT molecular complexity index is 2420. The van der Waals surface area contributed by atoms with E-state index in [2.05, 4.69) is 71.3 Å². The molecule has 0 saturated carbocycles. The van der Waals surface area contributed by atoms with Gasteiger partial charge < -0.3 is 13.4 Å². The Morgan fingerprint density at radius 3 is 1.60 bits per heavy atom.